The van der Waals surface area contributed by atoms with Crippen molar-refractivity contribution in [3.05, 3.63) is 52.5 Å². The van der Waals surface area contributed by atoms with Crippen molar-refractivity contribution in [2.24, 2.45) is 0 Å². The van der Waals surface area contributed by atoms with E-state index >= 15 is 0 Å². The maximum atomic E-state index is 12.1. The molecule has 0 bridgehead atoms. The minimum absolute atomic E-state index is 0.0742. The van der Waals surface area contributed by atoms with Crippen LogP contribution in [-0.2, 0) is 9.53 Å². The Morgan fingerprint density at radius 2 is 1.88 bits per heavy atom. The number of carbonyl (C=O) groups is 1. The Balaban J connectivity index is 1.88. The van der Waals surface area contributed by atoms with Gasteiger partial charge in [-0.25, -0.2) is 0 Å². The lowest BCUT2D eigenvalue weighted by Crippen LogP contribution is -2.22. The molecule has 5 nitrogen and oxygen atoms in total. The third-order valence-corrected chi connectivity index (χ3v) is 3.77. The topological polar surface area (TPSA) is 59.6 Å². The molecule has 1 amide bonds. The predicted molar refractivity (Wildman–Crippen MR) is 102 cm³/mol. The van der Waals surface area contributed by atoms with E-state index in [9.17, 15) is 4.79 Å². The van der Waals surface area contributed by atoms with Gasteiger partial charge in [0.1, 0.15) is 12.4 Å². The molecule has 0 aliphatic carbocycles. The predicted octanol–water partition coefficient (Wildman–Crippen LogP) is 4.46. The standard InChI is InChI=1S/C18H20Cl2N2O3/c1-2-24-9-10-25-17-6-4-3-5-16(17)21-12-18(23)22-15-8-7-13(19)11-14(15)20/h3-8,11,21H,2,9-10,12H2,1H3,(H,22,23). The fraction of sp³-hybridized carbons (Fsp3) is 0.278. The van der Waals surface area contributed by atoms with Crippen molar-refractivity contribution in [1.82, 2.24) is 0 Å². The maximum absolute atomic E-state index is 12.1. The van der Waals surface area contributed by atoms with Crippen LogP contribution in [0.1, 0.15) is 6.92 Å². The van der Waals surface area contributed by atoms with Gasteiger partial charge in [0.2, 0.25) is 5.91 Å². The number of carbonyl (C=O) groups excluding carboxylic acids is 1. The van der Waals surface area contributed by atoms with Crippen LogP contribution in [0.3, 0.4) is 0 Å². The molecule has 2 aromatic rings. The van der Waals surface area contributed by atoms with Crippen molar-refractivity contribution in [3.63, 3.8) is 0 Å². The smallest absolute Gasteiger partial charge is 0.243 e. The number of para-hydroxylation sites is 2. The lowest BCUT2D eigenvalue weighted by Gasteiger charge is -2.13. The lowest BCUT2D eigenvalue weighted by molar-refractivity contribution is -0.114. The van der Waals surface area contributed by atoms with Crippen LogP contribution in [0, 0.1) is 0 Å². The van der Waals surface area contributed by atoms with E-state index in [0.717, 1.165) is 5.69 Å². The molecule has 0 spiro atoms. The Morgan fingerprint density at radius 1 is 1.08 bits per heavy atom. The van der Waals surface area contributed by atoms with Crippen LogP contribution in [0.2, 0.25) is 10.0 Å². The van der Waals surface area contributed by atoms with Gasteiger partial charge in [0.25, 0.3) is 0 Å². The van der Waals surface area contributed by atoms with E-state index in [1.165, 1.54) is 0 Å². The van der Waals surface area contributed by atoms with Gasteiger partial charge in [0, 0.05) is 11.6 Å². The minimum atomic E-state index is -0.228. The number of benzene rings is 2. The third kappa shape index (κ3) is 6.46. The Hall–Kier alpha value is -1.95. The van der Waals surface area contributed by atoms with Crippen LogP contribution in [0.4, 0.5) is 11.4 Å². The first-order valence-electron chi connectivity index (χ1n) is 7.88. The van der Waals surface area contributed by atoms with Gasteiger partial charge in [-0.3, -0.25) is 4.79 Å². The molecule has 0 heterocycles. The molecule has 134 valence electrons. The first-order chi connectivity index (χ1) is 12.1. The van der Waals surface area contributed by atoms with E-state index in [4.69, 9.17) is 32.7 Å². The van der Waals surface area contributed by atoms with E-state index in [2.05, 4.69) is 10.6 Å². The highest BCUT2D eigenvalue weighted by atomic mass is 35.5. The summed E-state index contributed by atoms with van der Waals surface area (Å²) < 4.78 is 10.9. The molecule has 0 radical (unpaired) electrons. The number of rotatable bonds is 9. The van der Waals surface area contributed by atoms with Gasteiger partial charge in [0.15, 0.2) is 0 Å². The molecule has 0 saturated heterocycles. The number of halogens is 2. The van der Waals surface area contributed by atoms with Gasteiger partial charge in [-0.1, -0.05) is 35.3 Å². The van der Waals surface area contributed by atoms with Gasteiger partial charge >= 0.3 is 0 Å². The molecule has 0 fully saturated rings. The first kappa shape index (κ1) is 19.4. The van der Waals surface area contributed by atoms with Gasteiger partial charge in [-0.05, 0) is 37.3 Å². The van der Waals surface area contributed by atoms with Crippen LogP contribution < -0.4 is 15.4 Å². The van der Waals surface area contributed by atoms with Crippen molar-refractivity contribution in [2.75, 3.05) is 37.0 Å². The number of nitrogens with one attached hydrogen (secondary N) is 2. The average Bonchev–Trinajstić information content (AvgIpc) is 2.60. The molecule has 0 unspecified atom stereocenters. The van der Waals surface area contributed by atoms with E-state index in [1.54, 1.807) is 18.2 Å². The second-order valence-electron chi connectivity index (χ2n) is 5.07. The number of ether oxygens (including phenoxy) is 2. The van der Waals surface area contributed by atoms with Crippen LogP contribution in [0.25, 0.3) is 0 Å². The fourth-order valence-electron chi connectivity index (χ4n) is 2.05. The average molecular weight is 383 g/mol. The number of amides is 1. The van der Waals surface area contributed by atoms with Crippen molar-refractivity contribution >= 4 is 40.5 Å². The largest absolute Gasteiger partial charge is 0.489 e. The summed E-state index contributed by atoms with van der Waals surface area (Å²) >= 11 is 11.9. The summed E-state index contributed by atoms with van der Waals surface area (Å²) in [5.74, 6) is 0.438. The lowest BCUT2D eigenvalue weighted by atomic mass is 10.3. The molecule has 0 saturated carbocycles. The normalized spacial score (nSPS) is 10.4. The Morgan fingerprint density at radius 3 is 2.64 bits per heavy atom. The van der Waals surface area contributed by atoms with Crippen molar-refractivity contribution in [3.8, 4) is 5.75 Å². The summed E-state index contributed by atoms with van der Waals surface area (Å²) in [5.41, 5.74) is 1.25. The number of hydrogen-bond acceptors (Lipinski definition) is 4. The summed E-state index contributed by atoms with van der Waals surface area (Å²) in [6.45, 7) is 3.61. The fourth-order valence-corrected chi connectivity index (χ4v) is 2.51. The molecule has 0 aliphatic rings. The maximum Gasteiger partial charge on any atom is 0.243 e. The summed E-state index contributed by atoms with van der Waals surface area (Å²) in [6, 6.07) is 12.3. The molecule has 0 aromatic heterocycles. The first-order valence-corrected chi connectivity index (χ1v) is 8.64. The molecule has 2 N–H and O–H groups in total. The molecule has 2 rings (SSSR count). The molecule has 7 heteroatoms. The quantitative estimate of drug-likeness (QED) is 0.628. The van der Waals surface area contributed by atoms with E-state index in [-0.39, 0.29) is 12.5 Å². The van der Waals surface area contributed by atoms with E-state index in [1.807, 2.05) is 31.2 Å². The second-order valence-corrected chi connectivity index (χ2v) is 5.91. The summed E-state index contributed by atoms with van der Waals surface area (Å²) in [7, 11) is 0. The number of anilines is 2. The Labute approximate surface area is 157 Å². The van der Waals surface area contributed by atoms with Crippen LogP contribution in [0.5, 0.6) is 5.75 Å². The van der Waals surface area contributed by atoms with Gasteiger partial charge in [-0.15, -0.1) is 0 Å². The molecule has 2 aromatic carbocycles. The third-order valence-electron chi connectivity index (χ3n) is 3.22. The molecular weight excluding hydrogens is 363 g/mol. The highest BCUT2D eigenvalue weighted by Gasteiger charge is 2.08. The van der Waals surface area contributed by atoms with Crippen molar-refractivity contribution < 1.29 is 14.3 Å². The van der Waals surface area contributed by atoms with Gasteiger partial charge in [-0.2, -0.15) is 0 Å². The summed E-state index contributed by atoms with van der Waals surface area (Å²) in [4.78, 5) is 12.1. The van der Waals surface area contributed by atoms with Crippen molar-refractivity contribution in [1.29, 1.82) is 0 Å². The molecular formula is C18H20Cl2N2O3. The van der Waals surface area contributed by atoms with Crippen molar-refractivity contribution in [2.45, 2.75) is 6.92 Å². The van der Waals surface area contributed by atoms with Crippen LogP contribution >= 0.6 is 23.2 Å². The molecule has 0 aliphatic heterocycles. The summed E-state index contributed by atoms with van der Waals surface area (Å²) in [5, 5.41) is 6.69. The zero-order valence-corrected chi connectivity index (χ0v) is 15.4. The van der Waals surface area contributed by atoms with Gasteiger partial charge in [0.05, 0.1) is 29.5 Å². The zero-order chi connectivity index (χ0) is 18.1. The summed E-state index contributed by atoms with van der Waals surface area (Å²) in [6.07, 6.45) is 0. The van der Waals surface area contributed by atoms with E-state index in [0.29, 0.717) is 41.3 Å². The SMILES string of the molecule is CCOCCOc1ccccc1NCC(=O)Nc1ccc(Cl)cc1Cl. The minimum Gasteiger partial charge on any atom is -0.489 e. The van der Waals surface area contributed by atoms with Crippen LogP contribution in [0.15, 0.2) is 42.5 Å². The van der Waals surface area contributed by atoms with Crippen LogP contribution in [-0.4, -0.2) is 32.3 Å². The monoisotopic (exact) mass is 382 g/mol. The number of hydrogen-bond donors (Lipinski definition) is 2. The Kier molecular flexibility index (Phi) is 7.85. The highest BCUT2D eigenvalue weighted by Crippen LogP contribution is 2.26. The van der Waals surface area contributed by atoms with E-state index < -0.39 is 0 Å². The zero-order valence-electron chi connectivity index (χ0n) is 13.9. The van der Waals surface area contributed by atoms with Gasteiger partial charge < -0.3 is 20.1 Å². The molecule has 25 heavy (non-hydrogen) atoms. The molecule has 0 atom stereocenters. The Bertz CT molecular complexity index is 710. The second kappa shape index (κ2) is 10.1. The highest BCUT2D eigenvalue weighted by molar-refractivity contribution is 6.36.